The van der Waals surface area contributed by atoms with Crippen LogP contribution in [0.25, 0.3) is 0 Å². The lowest BCUT2D eigenvalue weighted by molar-refractivity contribution is 0.402. The van der Waals surface area contributed by atoms with Crippen molar-refractivity contribution in [2.45, 2.75) is 9.79 Å². The number of aromatic nitrogens is 3. The Kier molecular flexibility index (Phi) is 5.84. The number of benzene rings is 1. The van der Waals surface area contributed by atoms with Gasteiger partial charge in [0.05, 0.1) is 13.3 Å². The van der Waals surface area contributed by atoms with E-state index in [1.165, 1.54) is 25.4 Å². The molecule has 0 atom stereocenters. The number of sulfone groups is 1. The Morgan fingerprint density at radius 3 is 2.42 bits per heavy atom. The summed E-state index contributed by atoms with van der Waals surface area (Å²) >= 11 is 5.99. The van der Waals surface area contributed by atoms with Gasteiger partial charge in [-0.3, -0.25) is 0 Å². The second-order valence-corrected chi connectivity index (χ2v) is 9.20. The highest BCUT2D eigenvalue weighted by Crippen LogP contribution is 2.33. The van der Waals surface area contributed by atoms with Crippen molar-refractivity contribution in [3.8, 4) is 5.75 Å². The molecule has 0 radical (unpaired) electrons. The Labute approximate surface area is 185 Å². The molecule has 2 aromatic heterocycles. The predicted molar refractivity (Wildman–Crippen MR) is 119 cm³/mol. The molecule has 1 aliphatic rings. The molecule has 1 aliphatic heterocycles. The first-order valence-corrected chi connectivity index (χ1v) is 11.4. The van der Waals surface area contributed by atoms with Crippen molar-refractivity contribution >= 4 is 39.0 Å². The van der Waals surface area contributed by atoms with Gasteiger partial charge >= 0.3 is 0 Å². The van der Waals surface area contributed by atoms with Gasteiger partial charge in [-0.2, -0.15) is 4.98 Å². The van der Waals surface area contributed by atoms with Crippen LogP contribution in [0.2, 0.25) is 5.02 Å². The molecule has 4 rings (SSSR count). The maximum Gasteiger partial charge on any atom is 0.227 e. The monoisotopic (exact) mass is 460 g/mol. The molecule has 1 saturated heterocycles. The molecule has 0 saturated carbocycles. The fraction of sp³-hybridized carbons (Fsp3) is 0.250. The smallest absolute Gasteiger partial charge is 0.227 e. The van der Waals surface area contributed by atoms with Gasteiger partial charge in [0, 0.05) is 37.4 Å². The van der Waals surface area contributed by atoms with Crippen LogP contribution in [0.15, 0.2) is 58.6 Å². The Morgan fingerprint density at radius 1 is 1.03 bits per heavy atom. The number of ether oxygens (including phenoxy) is 1. The van der Waals surface area contributed by atoms with E-state index in [1.807, 2.05) is 23.1 Å². The van der Waals surface area contributed by atoms with Gasteiger partial charge in [0.1, 0.15) is 27.2 Å². The predicted octanol–water partition coefficient (Wildman–Crippen LogP) is 2.28. The molecular formula is C20H21ClN6O3S. The molecule has 1 aromatic carbocycles. The normalized spacial score (nSPS) is 14.5. The van der Waals surface area contributed by atoms with Gasteiger partial charge in [0.2, 0.25) is 15.8 Å². The molecule has 0 bridgehead atoms. The third kappa shape index (κ3) is 4.21. The molecule has 1 fully saturated rings. The first-order chi connectivity index (χ1) is 14.9. The summed E-state index contributed by atoms with van der Waals surface area (Å²) in [5.41, 5.74) is 6.05. The number of hydrogen-bond donors (Lipinski definition) is 1. The van der Waals surface area contributed by atoms with Crippen LogP contribution in [0.3, 0.4) is 0 Å². The van der Waals surface area contributed by atoms with Crippen LogP contribution >= 0.6 is 11.6 Å². The number of nitrogens with two attached hydrogens (primary N) is 1. The van der Waals surface area contributed by atoms with Crippen LogP contribution in [0, 0.1) is 0 Å². The second kappa shape index (κ2) is 8.56. The number of pyridine rings is 1. The summed E-state index contributed by atoms with van der Waals surface area (Å²) in [5, 5.41) is 0.265. The third-order valence-electron chi connectivity index (χ3n) is 5.01. The average molecular weight is 461 g/mol. The maximum atomic E-state index is 13.1. The van der Waals surface area contributed by atoms with E-state index in [9.17, 15) is 8.42 Å². The zero-order chi connectivity index (χ0) is 22.0. The molecule has 0 unspecified atom stereocenters. The van der Waals surface area contributed by atoms with Gasteiger partial charge in [-0.05, 0) is 30.3 Å². The van der Waals surface area contributed by atoms with Crippen molar-refractivity contribution < 1.29 is 13.2 Å². The zero-order valence-electron chi connectivity index (χ0n) is 16.8. The lowest BCUT2D eigenvalue weighted by Gasteiger charge is -2.35. The van der Waals surface area contributed by atoms with Crippen molar-refractivity contribution in [2.24, 2.45) is 0 Å². The minimum atomic E-state index is -4.02. The Balaban J connectivity index is 1.56. The van der Waals surface area contributed by atoms with Gasteiger partial charge in [-0.1, -0.05) is 17.7 Å². The standard InChI is InChI=1S/C20H21ClN6O3S/c1-30-15-6-5-14(21)12-16(15)31(28,29)17-13-24-20(25-19(17)22)27-10-8-26(9-11-27)18-4-2-3-7-23-18/h2-7,12-13H,8-11H2,1H3,(H2,22,24,25). The number of methoxy groups -OCH3 is 1. The Morgan fingerprint density at radius 2 is 1.77 bits per heavy atom. The van der Waals surface area contributed by atoms with E-state index >= 15 is 0 Å². The summed E-state index contributed by atoms with van der Waals surface area (Å²) in [4.78, 5) is 16.8. The number of hydrogen-bond acceptors (Lipinski definition) is 9. The van der Waals surface area contributed by atoms with Crippen LogP contribution in [0.4, 0.5) is 17.6 Å². The van der Waals surface area contributed by atoms with Crippen LogP contribution < -0.4 is 20.3 Å². The molecule has 31 heavy (non-hydrogen) atoms. The number of halogens is 1. The fourth-order valence-corrected chi connectivity index (χ4v) is 5.07. The fourth-order valence-electron chi connectivity index (χ4n) is 3.39. The first-order valence-electron chi connectivity index (χ1n) is 9.52. The van der Waals surface area contributed by atoms with Gasteiger partial charge in [-0.25, -0.2) is 18.4 Å². The summed E-state index contributed by atoms with van der Waals surface area (Å²) in [6.07, 6.45) is 3.00. The largest absolute Gasteiger partial charge is 0.495 e. The topological polar surface area (TPSA) is 115 Å². The lowest BCUT2D eigenvalue weighted by atomic mass is 10.3. The Hall–Kier alpha value is -3.11. The van der Waals surface area contributed by atoms with Crippen molar-refractivity contribution in [2.75, 3.05) is 48.8 Å². The summed E-state index contributed by atoms with van der Waals surface area (Å²) in [7, 11) is -2.64. The lowest BCUT2D eigenvalue weighted by Crippen LogP contribution is -2.47. The SMILES string of the molecule is COc1ccc(Cl)cc1S(=O)(=O)c1cnc(N2CCN(c3ccccn3)CC2)nc1N. The van der Waals surface area contributed by atoms with E-state index in [0.29, 0.717) is 19.0 Å². The van der Waals surface area contributed by atoms with Crippen molar-refractivity contribution in [1.82, 2.24) is 15.0 Å². The van der Waals surface area contributed by atoms with Crippen LogP contribution in [0.5, 0.6) is 5.75 Å². The first kappa shape index (κ1) is 21.1. The van der Waals surface area contributed by atoms with Gasteiger partial charge in [0.15, 0.2) is 0 Å². The molecule has 162 valence electrons. The molecule has 0 aliphatic carbocycles. The van der Waals surface area contributed by atoms with E-state index in [1.54, 1.807) is 12.3 Å². The molecule has 0 spiro atoms. The van der Waals surface area contributed by atoms with Crippen molar-refractivity contribution in [3.05, 3.63) is 53.8 Å². The minimum absolute atomic E-state index is 0.0884. The number of anilines is 3. The summed E-state index contributed by atoms with van der Waals surface area (Å²) in [6.45, 7) is 2.79. The number of nitrogens with zero attached hydrogens (tertiary/aromatic N) is 5. The maximum absolute atomic E-state index is 13.1. The summed E-state index contributed by atoms with van der Waals surface area (Å²) in [6, 6.07) is 10.2. The molecule has 3 aromatic rings. The van der Waals surface area contributed by atoms with E-state index in [0.717, 1.165) is 18.9 Å². The van der Waals surface area contributed by atoms with Crippen LogP contribution in [-0.2, 0) is 9.84 Å². The number of rotatable bonds is 5. The van der Waals surface area contributed by atoms with E-state index in [2.05, 4.69) is 19.9 Å². The number of piperazine rings is 1. The van der Waals surface area contributed by atoms with Crippen molar-refractivity contribution in [1.29, 1.82) is 0 Å². The summed E-state index contributed by atoms with van der Waals surface area (Å²) < 4.78 is 31.5. The molecule has 11 heteroatoms. The molecular weight excluding hydrogens is 440 g/mol. The van der Waals surface area contributed by atoms with Crippen LogP contribution in [-0.4, -0.2) is 56.7 Å². The van der Waals surface area contributed by atoms with Gasteiger partial charge in [0.25, 0.3) is 0 Å². The van der Waals surface area contributed by atoms with Gasteiger partial charge < -0.3 is 20.3 Å². The van der Waals surface area contributed by atoms with E-state index in [-0.39, 0.29) is 26.4 Å². The highest BCUT2D eigenvalue weighted by molar-refractivity contribution is 7.91. The highest BCUT2D eigenvalue weighted by Gasteiger charge is 2.28. The minimum Gasteiger partial charge on any atom is -0.495 e. The van der Waals surface area contributed by atoms with Crippen molar-refractivity contribution in [3.63, 3.8) is 0 Å². The average Bonchev–Trinajstić information content (AvgIpc) is 2.79. The summed E-state index contributed by atoms with van der Waals surface area (Å²) in [5.74, 6) is 1.34. The molecule has 2 N–H and O–H groups in total. The van der Waals surface area contributed by atoms with E-state index in [4.69, 9.17) is 22.1 Å². The molecule has 9 nitrogen and oxygen atoms in total. The third-order valence-corrected chi connectivity index (χ3v) is 7.04. The molecule has 3 heterocycles. The van der Waals surface area contributed by atoms with Crippen LogP contribution in [0.1, 0.15) is 0 Å². The quantitative estimate of drug-likeness (QED) is 0.612. The second-order valence-electron chi connectivity index (χ2n) is 6.88. The molecule has 0 amide bonds. The van der Waals surface area contributed by atoms with Gasteiger partial charge in [-0.15, -0.1) is 0 Å². The zero-order valence-corrected chi connectivity index (χ0v) is 18.3. The number of nitrogen functional groups attached to an aromatic ring is 1. The van der Waals surface area contributed by atoms with E-state index < -0.39 is 9.84 Å². The Bertz CT molecular complexity index is 1180. The highest BCUT2D eigenvalue weighted by atomic mass is 35.5.